The van der Waals surface area contributed by atoms with Crippen LogP contribution in [-0.4, -0.2) is 66.5 Å². The van der Waals surface area contributed by atoms with Crippen molar-refractivity contribution >= 4 is 28.5 Å². The molecule has 2 saturated heterocycles. The minimum absolute atomic E-state index is 0.0643. The van der Waals surface area contributed by atoms with E-state index in [0.717, 1.165) is 50.2 Å². The zero-order valence-corrected chi connectivity index (χ0v) is 12.5. The second kappa shape index (κ2) is 5.53. The van der Waals surface area contributed by atoms with Crippen LogP contribution in [0.5, 0.6) is 0 Å². The van der Waals surface area contributed by atoms with Crippen molar-refractivity contribution in [3.63, 3.8) is 0 Å². The Morgan fingerprint density at radius 1 is 1.25 bits per heavy atom. The minimum Gasteiger partial charge on any atom is -0.369 e. The van der Waals surface area contributed by atoms with Gasteiger partial charge in [0.2, 0.25) is 17.0 Å². The van der Waals surface area contributed by atoms with Crippen molar-refractivity contribution in [3.05, 3.63) is 0 Å². The van der Waals surface area contributed by atoms with Gasteiger partial charge in [0.05, 0.1) is 5.92 Å². The predicted molar refractivity (Wildman–Crippen MR) is 79.1 cm³/mol. The van der Waals surface area contributed by atoms with Crippen LogP contribution in [0.4, 0.5) is 11.1 Å². The van der Waals surface area contributed by atoms with E-state index in [2.05, 4.69) is 31.1 Å². The summed E-state index contributed by atoms with van der Waals surface area (Å²) in [5.74, 6) is 0.459. The van der Waals surface area contributed by atoms with Gasteiger partial charge in [0.1, 0.15) is 0 Å². The van der Waals surface area contributed by atoms with E-state index in [-0.39, 0.29) is 11.8 Å². The number of amides is 1. The summed E-state index contributed by atoms with van der Waals surface area (Å²) in [4.78, 5) is 22.5. The molecule has 3 heterocycles. The number of nitrogens with zero attached hydrogens (tertiary/aromatic N) is 5. The minimum atomic E-state index is -0.220. The zero-order valence-electron chi connectivity index (χ0n) is 11.7. The fourth-order valence-electron chi connectivity index (χ4n) is 2.64. The highest BCUT2D eigenvalue weighted by Crippen LogP contribution is 2.26. The average molecular weight is 296 g/mol. The highest BCUT2D eigenvalue weighted by molar-refractivity contribution is 7.09. The van der Waals surface area contributed by atoms with Gasteiger partial charge in [-0.05, 0) is 13.5 Å². The maximum absolute atomic E-state index is 11.2. The Kier molecular flexibility index (Phi) is 3.75. The second-order valence-electron chi connectivity index (χ2n) is 5.50. The Morgan fingerprint density at radius 2 is 2.00 bits per heavy atom. The number of hydrogen-bond acceptors (Lipinski definition) is 7. The number of rotatable bonds is 3. The van der Waals surface area contributed by atoms with Gasteiger partial charge in [-0.1, -0.05) is 0 Å². The Balaban J connectivity index is 1.64. The average Bonchev–Trinajstić information content (AvgIpc) is 3.08. The van der Waals surface area contributed by atoms with Crippen molar-refractivity contribution in [2.45, 2.75) is 6.42 Å². The van der Waals surface area contributed by atoms with Crippen LogP contribution in [0.15, 0.2) is 0 Å². The topological polar surface area (TPSA) is 78.6 Å². The summed E-state index contributed by atoms with van der Waals surface area (Å²) in [7, 11) is 2.14. The molecule has 1 unspecified atom stereocenters. The molecule has 2 aliphatic rings. The molecule has 1 aromatic rings. The molecule has 0 bridgehead atoms. The van der Waals surface area contributed by atoms with Gasteiger partial charge in [-0.3, -0.25) is 4.79 Å². The number of aromatic nitrogens is 2. The van der Waals surface area contributed by atoms with Crippen molar-refractivity contribution in [1.82, 2.24) is 14.3 Å². The molecule has 2 fully saturated rings. The summed E-state index contributed by atoms with van der Waals surface area (Å²) in [6, 6.07) is 0. The van der Waals surface area contributed by atoms with E-state index < -0.39 is 0 Å². The van der Waals surface area contributed by atoms with E-state index in [1.54, 1.807) is 0 Å². The van der Waals surface area contributed by atoms with E-state index >= 15 is 0 Å². The van der Waals surface area contributed by atoms with Crippen LogP contribution in [0, 0.1) is 5.92 Å². The first-order valence-corrected chi connectivity index (χ1v) is 7.72. The number of primary amides is 1. The summed E-state index contributed by atoms with van der Waals surface area (Å²) >= 11 is 1.44. The quantitative estimate of drug-likeness (QED) is 0.818. The molecule has 0 spiro atoms. The van der Waals surface area contributed by atoms with Gasteiger partial charge in [-0.2, -0.15) is 9.36 Å². The van der Waals surface area contributed by atoms with Crippen LogP contribution in [0.25, 0.3) is 0 Å². The van der Waals surface area contributed by atoms with Gasteiger partial charge in [0.15, 0.2) is 0 Å². The van der Waals surface area contributed by atoms with Crippen molar-refractivity contribution < 1.29 is 4.79 Å². The summed E-state index contributed by atoms with van der Waals surface area (Å²) in [5.41, 5.74) is 5.36. The van der Waals surface area contributed by atoms with E-state index in [1.165, 1.54) is 11.5 Å². The Morgan fingerprint density at radius 3 is 2.65 bits per heavy atom. The summed E-state index contributed by atoms with van der Waals surface area (Å²) in [6.45, 7) is 5.57. The molecule has 8 heteroatoms. The number of likely N-dealkylation sites (N-methyl/N-ethyl adjacent to an activating group) is 1. The Labute approximate surface area is 122 Å². The molecule has 0 radical (unpaired) electrons. The fourth-order valence-corrected chi connectivity index (χ4v) is 3.38. The molecular weight excluding hydrogens is 276 g/mol. The molecule has 20 heavy (non-hydrogen) atoms. The molecular formula is C12H20N6OS. The van der Waals surface area contributed by atoms with Crippen LogP contribution < -0.4 is 15.5 Å². The number of nitrogens with two attached hydrogens (primary N) is 1. The molecule has 1 atom stereocenters. The van der Waals surface area contributed by atoms with Gasteiger partial charge < -0.3 is 20.4 Å². The van der Waals surface area contributed by atoms with Crippen molar-refractivity contribution in [2.24, 2.45) is 11.7 Å². The molecule has 2 aliphatic heterocycles. The van der Waals surface area contributed by atoms with E-state index in [1.807, 2.05) is 0 Å². The van der Waals surface area contributed by atoms with Gasteiger partial charge in [0, 0.05) is 50.8 Å². The van der Waals surface area contributed by atoms with Crippen molar-refractivity contribution in [1.29, 1.82) is 0 Å². The first-order valence-electron chi connectivity index (χ1n) is 6.95. The van der Waals surface area contributed by atoms with Crippen LogP contribution in [0.1, 0.15) is 6.42 Å². The maximum Gasteiger partial charge on any atom is 0.239 e. The van der Waals surface area contributed by atoms with Crippen LogP contribution >= 0.6 is 11.5 Å². The zero-order chi connectivity index (χ0) is 14.1. The number of piperazine rings is 1. The normalized spacial score (nSPS) is 24.4. The summed E-state index contributed by atoms with van der Waals surface area (Å²) < 4.78 is 4.44. The lowest BCUT2D eigenvalue weighted by atomic mass is 10.1. The predicted octanol–water partition coefficient (Wildman–Crippen LogP) is -0.398. The smallest absolute Gasteiger partial charge is 0.239 e. The van der Waals surface area contributed by atoms with Gasteiger partial charge in [0.25, 0.3) is 0 Å². The molecule has 1 aromatic heterocycles. The molecule has 0 aromatic carbocycles. The molecule has 1 amide bonds. The number of hydrogen-bond donors (Lipinski definition) is 1. The summed E-state index contributed by atoms with van der Waals surface area (Å²) in [6.07, 6.45) is 0.804. The first-order chi connectivity index (χ1) is 9.63. The molecule has 110 valence electrons. The standard InChI is InChI=1S/C12H20N6OS/c1-16-4-6-17(7-5-16)12-14-11(15-20-12)18-3-2-9(8-18)10(13)19/h9H,2-8H2,1H3,(H2,13,19). The number of carbonyl (C=O) groups is 1. The highest BCUT2D eigenvalue weighted by atomic mass is 32.1. The third kappa shape index (κ3) is 2.71. The molecule has 0 aliphatic carbocycles. The molecule has 0 saturated carbocycles. The number of carbonyl (C=O) groups excluding carboxylic acids is 1. The summed E-state index contributed by atoms with van der Waals surface area (Å²) in [5, 5.41) is 0.982. The Bertz CT molecular complexity index is 484. The lowest BCUT2D eigenvalue weighted by Gasteiger charge is -2.31. The molecule has 7 nitrogen and oxygen atoms in total. The van der Waals surface area contributed by atoms with Gasteiger partial charge >= 0.3 is 0 Å². The van der Waals surface area contributed by atoms with Gasteiger partial charge in [-0.25, -0.2) is 0 Å². The SMILES string of the molecule is CN1CCN(c2nc(N3CCC(C(N)=O)C3)ns2)CC1. The second-order valence-corrected chi connectivity index (χ2v) is 6.23. The maximum atomic E-state index is 11.2. The van der Waals surface area contributed by atoms with E-state index in [0.29, 0.717) is 6.54 Å². The van der Waals surface area contributed by atoms with Crippen LogP contribution in [0.3, 0.4) is 0 Å². The molecule has 3 rings (SSSR count). The highest BCUT2D eigenvalue weighted by Gasteiger charge is 2.29. The first kappa shape index (κ1) is 13.6. The van der Waals surface area contributed by atoms with Gasteiger partial charge in [-0.15, -0.1) is 0 Å². The largest absolute Gasteiger partial charge is 0.369 e. The van der Waals surface area contributed by atoms with Crippen molar-refractivity contribution in [2.75, 3.05) is 56.1 Å². The Hall–Kier alpha value is -1.41. The molecule has 2 N–H and O–H groups in total. The van der Waals surface area contributed by atoms with Crippen LogP contribution in [0.2, 0.25) is 0 Å². The lowest BCUT2D eigenvalue weighted by Crippen LogP contribution is -2.44. The fraction of sp³-hybridized carbons (Fsp3) is 0.750. The lowest BCUT2D eigenvalue weighted by molar-refractivity contribution is -0.121. The van der Waals surface area contributed by atoms with E-state index in [9.17, 15) is 4.79 Å². The van der Waals surface area contributed by atoms with E-state index in [4.69, 9.17) is 5.73 Å². The monoisotopic (exact) mass is 296 g/mol. The van der Waals surface area contributed by atoms with Crippen molar-refractivity contribution in [3.8, 4) is 0 Å². The number of anilines is 2. The third-order valence-corrected chi connectivity index (χ3v) is 4.82. The van der Waals surface area contributed by atoms with Crippen LogP contribution in [-0.2, 0) is 4.79 Å². The third-order valence-electron chi connectivity index (χ3n) is 4.05.